The first-order valence-electron chi connectivity index (χ1n) is 7.12. The van der Waals surface area contributed by atoms with Crippen LogP contribution in [0.2, 0.25) is 5.02 Å². The van der Waals surface area contributed by atoms with E-state index in [-0.39, 0.29) is 12.4 Å². The quantitative estimate of drug-likeness (QED) is 0.826. The number of likely N-dealkylation sites (tertiary alicyclic amines) is 1. The van der Waals surface area contributed by atoms with Gasteiger partial charge in [0.2, 0.25) is 5.91 Å². The topological polar surface area (TPSA) is 45.2 Å². The number of alkyl halides is 5. The molecule has 1 fully saturated rings. The van der Waals surface area contributed by atoms with Crippen LogP contribution >= 0.6 is 11.6 Å². The van der Waals surface area contributed by atoms with Crippen LogP contribution in [0.4, 0.5) is 27.8 Å². The van der Waals surface area contributed by atoms with Crippen LogP contribution in [0.1, 0.15) is 13.3 Å². The van der Waals surface area contributed by atoms with Crippen LogP contribution in [0.3, 0.4) is 0 Å². The maximum atomic E-state index is 13.5. The van der Waals surface area contributed by atoms with E-state index in [4.69, 9.17) is 11.6 Å². The van der Waals surface area contributed by atoms with Gasteiger partial charge in [0.1, 0.15) is 11.7 Å². The molecule has 2 atom stereocenters. The molecule has 0 bridgehead atoms. The first kappa shape index (κ1) is 18.9. The van der Waals surface area contributed by atoms with Gasteiger partial charge in [0, 0.05) is 25.7 Å². The van der Waals surface area contributed by atoms with Crippen molar-refractivity contribution in [3.8, 4) is 0 Å². The first-order chi connectivity index (χ1) is 11.0. The second kappa shape index (κ2) is 6.79. The zero-order valence-electron chi connectivity index (χ0n) is 12.6. The molecule has 1 aliphatic rings. The van der Waals surface area contributed by atoms with E-state index >= 15 is 0 Å². The SMILES string of the molecule is C[C@@H](C(=O)Nc1ccc(Cl)cn1)N1CCC(F)(F)[C@@H](C(F)(F)F)C1. The second-order valence-corrected chi connectivity index (χ2v) is 6.06. The number of nitrogens with one attached hydrogen (secondary N) is 1. The summed E-state index contributed by atoms with van der Waals surface area (Å²) in [6.07, 6.45) is -4.69. The number of aromatic nitrogens is 1. The number of hydrogen-bond donors (Lipinski definition) is 1. The Morgan fingerprint density at radius 2 is 2.12 bits per heavy atom. The van der Waals surface area contributed by atoms with Crippen molar-refractivity contribution in [2.75, 3.05) is 18.4 Å². The molecule has 24 heavy (non-hydrogen) atoms. The third-order valence-corrected chi connectivity index (χ3v) is 4.18. The van der Waals surface area contributed by atoms with E-state index < -0.39 is 42.9 Å². The lowest BCUT2D eigenvalue weighted by Crippen LogP contribution is -2.57. The largest absolute Gasteiger partial charge is 0.398 e. The lowest BCUT2D eigenvalue weighted by molar-refractivity contribution is -0.259. The van der Waals surface area contributed by atoms with Gasteiger partial charge in [-0.1, -0.05) is 11.6 Å². The molecule has 1 aliphatic heterocycles. The fourth-order valence-corrected chi connectivity index (χ4v) is 2.58. The van der Waals surface area contributed by atoms with Crippen molar-refractivity contribution in [1.82, 2.24) is 9.88 Å². The number of nitrogens with zero attached hydrogens (tertiary/aromatic N) is 2. The minimum Gasteiger partial charge on any atom is -0.309 e. The normalized spacial score (nSPS) is 22.9. The fraction of sp³-hybridized carbons (Fsp3) is 0.571. The van der Waals surface area contributed by atoms with Crippen molar-refractivity contribution in [2.45, 2.75) is 31.5 Å². The molecule has 0 aliphatic carbocycles. The highest BCUT2D eigenvalue weighted by atomic mass is 35.5. The number of rotatable bonds is 3. The minimum absolute atomic E-state index is 0.172. The lowest BCUT2D eigenvalue weighted by Gasteiger charge is -2.41. The van der Waals surface area contributed by atoms with Gasteiger partial charge in [-0.25, -0.2) is 13.8 Å². The summed E-state index contributed by atoms with van der Waals surface area (Å²) in [6.45, 7) is 0.128. The van der Waals surface area contributed by atoms with Gasteiger partial charge < -0.3 is 5.32 Å². The van der Waals surface area contributed by atoms with Crippen molar-refractivity contribution < 1.29 is 26.7 Å². The lowest BCUT2D eigenvalue weighted by atomic mass is 9.92. The van der Waals surface area contributed by atoms with E-state index in [1.54, 1.807) is 0 Å². The second-order valence-electron chi connectivity index (χ2n) is 5.63. The Morgan fingerprint density at radius 1 is 1.46 bits per heavy atom. The Kier molecular flexibility index (Phi) is 5.34. The van der Waals surface area contributed by atoms with E-state index in [1.165, 1.54) is 25.3 Å². The zero-order chi connectivity index (χ0) is 18.1. The maximum Gasteiger partial charge on any atom is 0.398 e. The first-order valence-corrected chi connectivity index (χ1v) is 7.49. The van der Waals surface area contributed by atoms with E-state index in [9.17, 15) is 26.7 Å². The molecule has 134 valence electrons. The monoisotopic (exact) mass is 371 g/mol. The number of anilines is 1. The molecule has 0 radical (unpaired) electrons. The van der Waals surface area contributed by atoms with Crippen LogP contribution in [0.15, 0.2) is 18.3 Å². The Labute approximate surface area is 140 Å². The van der Waals surface area contributed by atoms with Crippen LogP contribution in [-0.4, -0.2) is 47.0 Å². The summed E-state index contributed by atoms with van der Waals surface area (Å²) < 4.78 is 65.5. The molecule has 0 aromatic carbocycles. The van der Waals surface area contributed by atoms with Gasteiger partial charge in [0.25, 0.3) is 5.92 Å². The van der Waals surface area contributed by atoms with Gasteiger partial charge >= 0.3 is 6.18 Å². The highest BCUT2D eigenvalue weighted by Gasteiger charge is 2.58. The van der Waals surface area contributed by atoms with Crippen LogP contribution < -0.4 is 5.32 Å². The molecule has 1 N–H and O–H groups in total. The van der Waals surface area contributed by atoms with Crippen LogP contribution in [0.25, 0.3) is 0 Å². The molecular formula is C14H15ClF5N3O. The Morgan fingerprint density at radius 3 is 2.67 bits per heavy atom. The van der Waals surface area contributed by atoms with Gasteiger partial charge in [-0.3, -0.25) is 9.69 Å². The molecule has 4 nitrogen and oxygen atoms in total. The Balaban J connectivity index is 2.05. The number of amides is 1. The number of carbonyl (C=O) groups excluding carboxylic acids is 1. The van der Waals surface area contributed by atoms with E-state index in [1.807, 2.05) is 0 Å². The Hall–Kier alpha value is -1.48. The van der Waals surface area contributed by atoms with Crippen molar-refractivity contribution in [2.24, 2.45) is 5.92 Å². The smallest absolute Gasteiger partial charge is 0.309 e. The number of halogens is 6. The van der Waals surface area contributed by atoms with Crippen molar-refractivity contribution in [3.05, 3.63) is 23.4 Å². The zero-order valence-corrected chi connectivity index (χ0v) is 13.3. The Bertz CT molecular complexity index is 593. The average molecular weight is 372 g/mol. The van der Waals surface area contributed by atoms with Gasteiger partial charge in [0.05, 0.1) is 11.1 Å². The molecule has 0 saturated carbocycles. The van der Waals surface area contributed by atoms with Gasteiger partial charge in [-0.2, -0.15) is 13.2 Å². The molecule has 0 spiro atoms. The van der Waals surface area contributed by atoms with Crippen LogP contribution in [0.5, 0.6) is 0 Å². The van der Waals surface area contributed by atoms with Crippen molar-refractivity contribution in [3.63, 3.8) is 0 Å². The summed E-state index contributed by atoms with van der Waals surface area (Å²) in [5, 5.41) is 2.78. The molecule has 1 saturated heterocycles. The average Bonchev–Trinajstić information content (AvgIpc) is 2.47. The molecule has 1 aromatic rings. The summed E-state index contributed by atoms with van der Waals surface area (Å²) >= 11 is 5.66. The predicted octanol–water partition coefficient (Wildman–Crippen LogP) is 3.58. The molecule has 2 heterocycles. The van der Waals surface area contributed by atoms with E-state index in [0.717, 1.165) is 4.90 Å². The van der Waals surface area contributed by atoms with Gasteiger partial charge in [-0.15, -0.1) is 0 Å². The number of piperidine rings is 1. The van der Waals surface area contributed by atoms with Crippen molar-refractivity contribution in [1.29, 1.82) is 0 Å². The number of hydrogen-bond acceptors (Lipinski definition) is 3. The summed E-state index contributed by atoms with van der Waals surface area (Å²) in [5.41, 5.74) is 0. The summed E-state index contributed by atoms with van der Waals surface area (Å²) in [7, 11) is 0. The highest BCUT2D eigenvalue weighted by Crippen LogP contribution is 2.43. The summed E-state index contributed by atoms with van der Waals surface area (Å²) in [4.78, 5) is 17.1. The maximum absolute atomic E-state index is 13.5. The van der Waals surface area contributed by atoms with Gasteiger partial charge in [0.15, 0.2) is 0 Å². The van der Waals surface area contributed by atoms with E-state index in [2.05, 4.69) is 10.3 Å². The number of carbonyl (C=O) groups is 1. The molecule has 0 unspecified atom stereocenters. The molecule has 10 heteroatoms. The fourth-order valence-electron chi connectivity index (χ4n) is 2.47. The highest BCUT2D eigenvalue weighted by molar-refractivity contribution is 6.30. The van der Waals surface area contributed by atoms with Crippen LogP contribution in [-0.2, 0) is 4.79 Å². The minimum atomic E-state index is -5.03. The summed E-state index contributed by atoms with van der Waals surface area (Å²) in [6, 6.07) is 1.90. The third-order valence-electron chi connectivity index (χ3n) is 3.96. The molecule has 1 aromatic heterocycles. The van der Waals surface area contributed by atoms with Crippen LogP contribution in [0, 0.1) is 5.92 Å². The standard InChI is InChI=1S/C14H15ClF5N3O/c1-8(12(24)22-11-3-2-9(15)6-21-11)23-5-4-13(16,17)10(7-23)14(18,19)20/h2-3,6,8,10H,4-5,7H2,1H3,(H,21,22,24)/t8-,10-/m0/s1. The third kappa shape index (κ3) is 4.32. The predicted molar refractivity (Wildman–Crippen MR) is 78.0 cm³/mol. The molecule has 1 amide bonds. The molecular weight excluding hydrogens is 357 g/mol. The van der Waals surface area contributed by atoms with E-state index in [0.29, 0.717) is 5.02 Å². The number of pyridine rings is 1. The van der Waals surface area contributed by atoms with Crippen molar-refractivity contribution >= 4 is 23.3 Å². The summed E-state index contributed by atoms with van der Waals surface area (Å²) in [5.74, 6) is -7.08. The van der Waals surface area contributed by atoms with Gasteiger partial charge in [-0.05, 0) is 19.1 Å². The molecule has 2 rings (SSSR count).